The topological polar surface area (TPSA) is 49.4 Å². The molecule has 19 heavy (non-hydrogen) atoms. The van der Waals surface area contributed by atoms with Crippen LogP contribution in [0.3, 0.4) is 0 Å². The lowest BCUT2D eigenvalue weighted by molar-refractivity contribution is -0.129. The molecule has 0 bridgehead atoms. The first-order valence-corrected chi connectivity index (χ1v) is 7.26. The van der Waals surface area contributed by atoms with Gasteiger partial charge in [-0.15, -0.1) is 0 Å². The van der Waals surface area contributed by atoms with Gasteiger partial charge >= 0.3 is 0 Å². The van der Waals surface area contributed by atoms with Crippen molar-refractivity contribution >= 4 is 39.3 Å². The highest BCUT2D eigenvalue weighted by Gasteiger charge is 2.19. The summed E-state index contributed by atoms with van der Waals surface area (Å²) in [6.45, 7) is 1.62. The first-order chi connectivity index (χ1) is 9.08. The van der Waals surface area contributed by atoms with Crippen LogP contribution < -0.4 is 5.32 Å². The van der Waals surface area contributed by atoms with Crippen LogP contribution in [0.25, 0.3) is 0 Å². The van der Waals surface area contributed by atoms with Crippen molar-refractivity contribution in [2.45, 2.75) is 12.8 Å². The van der Waals surface area contributed by atoms with Crippen molar-refractivity contribution in [3.63, 3.8) is 0 Å². The van der Waals surface area contributed by atoms with Gasteiger partial charge in [0.2, 0.25) is 5.91 Å². The van der Waals surface area contributed by atoms with Crippen molar-refractivity contribution in [2.75, 3.05) is 19.6 Å². The van der Waals surface area contributed by atoms with Crippen molar-refractivity contribution in [2.24, 2.45) is 0 Å². The van der Waals surface area contributed by atoms with Gasteiger partial charge in [-0.3, -0.25) is 9.59 Å². The highest BCUT2D eigenvalue weighted by atomic mass is 79.9. The normalized spacial score (nSPS) is 14.5. The molecule has 1 aromatic rings. The molecule has 0 spiro atoms. The molecule has 0 aromatic heterocycles. The van der Waals surface area contributed by atoms with Gasteiger partial charge in [-0.1, -0.05) is 11.6 Å². The predicted octanol–water partition coefficient (Wildman–Crippen LogP) is 2.45. The molecule has 102 valence electrons. The number of nitrogens with zero attached hydrogens (tertiary/aromatic N) is 1. The summed E-state index contributed by atoms with van der Waals surface area (Å²) < 4.78 is 0.617. The minimum atomic E-state index is -0.281. The molecule has 2 amide bonds. The van der Waals surface area contributed by atoms with E-state index in [1.807, 2.05) is 0 Å². The van der Waals surface area contributed by atoms with Gasteiger partial charge < -0.3 is 10.2 Å². The lowest BCUT2D eigenvalue weighted by Gasteiger charge is -2.15. The first-order valence-electron chi connectivity index (χ1n) is 6.09. The Morgan fingerprint density at radius 1 is 1.32 bits per heavy atom. The predicted molar refractivity (Wildman–Crippen MR) is 77.3 cm³/mol. The number of nitrogens with one attached hydrogen (secondary N) is 1. The van der Waals surface area contributed by atoms with E-state index >= 15 is 0 Å². The molecule has 1 saturated heterocycles. The van der Waals surface area contributed by atoms with Crippen molar-refractivity contribution in [3.8, 4) is 0 Å². The third-order valence-corrected chi connectivity index (χ3v) is 3.93. The van der Waals surface area contributed by atoms with Gasteiger partial charge in [-0.2, -0.15) is 0 Å². The van der Waals surface area contributed by atoms with E-state index in [2.05, 4.69) is 21.2 Å². The van der Waals surface area contributed by atoms with Crippen molar-refractivity contribution in [1.29, 1.82) is 0 Å². The summed E-state index contributed by atoms with van der Waals surface area (Å²) in [5, 5.41) is 3.19. The summed E-state index contributed by atoms with van der Waals surface area (Å²) in [6.07, 6.45) is 2.09. The number of rotatable bonds is 3. The molecular formula is C13H14BrClN2O2. The third kappa shape index (κ3) is 3.70. The van der Waals surface area contributed by atoms with E-state index in [0.29, 0.717) is 15.1 Å². The molecule has 0 atom stereocenters. The van der Waals surface area contributed by atoms with E-state index in [1.165, 1.54) is 0 Å². The maximum Gasteiger partial charge on any atom is 0.252 e. The fourth-order valence-electron chi connectivity index (χ4n) is 2.00. The van der Waals surface area contributed by atoms with Gasteiger partial charge in [0.25, 0.3) is 5.91 Å². The SMILES string of the molecule is O=C(NCC(=O)N1CCCC1)c1ccc(Cl)cc1Br. The van der Waals surface area contributed by atoms with E-state index in [1.54, 1.807) is 23.1 Å². The van der Waals surface area contributed by atoms with Gasteiger partial charge in [0.1, 0.15) is 0 Å². The Labute approximate surface area is 125 Å². The maximum absolute atomic E-state index is 11.9. The molecule has 0 radical (unpaired) electrons. The van der Waals surface area contributed by atoms with E-state index < -0.39 is 0 Å². The molecule has 6 heteroatoms. The molecular weight excluding hydrogens is 332 g/mol. The molecule has 1 aliphatic heterocycles. The van der Waals surface area contributed by atoms with E-state index in [9.17, 15) is 9.59 Å². The summed E-state index contributed by atoms with van der Waals surface area (Å²) in [5.74, 6) is -0.313. The van der Waals surface area contributed by atoms with Crippen molar-refractivity contribution < 1.29 is 9.59 Å². The fourth-order valence-corrected chi connectivity index (χ4v) is 2.87. The van der Waals surface area contributed by atoms with Crippen LogP contribution in [0.15, 0.2) is 22.7 Å². The lowest BCUT2D eigenvalue weighted by Crippen LogP contribution is -2.38. The monoisotopic (exact) mass is 344 g/mol. The largest absolute Gasteiger partial charge is 0.343 e. The number of carbonyl (C=O) groups is 2. The first kappa shape index (κ1) is 14.3. The highest BCUT2D eigenvalue weighted by molar-refractivity contribution is 9.10. The maximum atomic E-state index is 11.9. The number of hydrogen-bond acceptors (Lipinski definition) is 2. The summed E-state index contributed by atoms with van der Waals surface area (Å²) in [4.78, 5) is 25.5. The molecule has 0 unspecified atom stereocenters. The number of halogens is 2. The second kappa shape index (κ2) is 6.39. The Morgan fingerprint density at radius 3 is 2.63 bits per heavy atom. The molecule has 1 N–H and O–H groups in total. The number of carbonyl (C=O) groups excluding carboxylic acids is 2. The van der Waals surface area contributed by atoms with Gasteiger partial charge in [0, 0.05) is 22.6 Å². The number of amides is 2. The molecule has 1 aromatic carbocycles. The van der Waals surface area contributed by atoms with Crippen LogP contribution in [0.5, 0.6) is 0 Å². The van der Waals surface area contributed by atoms with Crippen LogP contribution >= 0.6 is 27.5 Å². The standard InChI is InChI=1S/C13H14BrClN2O2/c14-11-7-9(15)3-4-10(11)13(19)16-8-12(18)17-5-1-2-6-17/h3-4,7H,1-2,5-6,8H2,(H,16,19). The van der Waals surface area contributed by atoms with Crippen molar-refractivity contribution in [1.82, 2.24) is 10.2 Å². The zero-order chi connectivity index (χ0) is 13.8. The molecule has 1 heterocycles. The average Bonchev–Trinajstić information content (AvgIpc) is 2.89. The Hall–Kier alpha value is -1.07. The fraction of sp³-hybridized carbons (Fsp3) is 0.385. The Bertz CT molecular complexity index is 501. The van der Waals surface area contributed by atoms with Gasteiger partial charge in [0.05, 0.1) is 12.1 Å². The Kier molecular flexibility index (Phi) is 4.82. The summed E-state index contributed by atoms with van der Waals surface area (Å²) in [7, 11) is 0. The minimum Gasteiger partial charge on any atom is -0.343 e. The van der Waals surface area contributed by atoms with Crippen LogP contribution in [0.4, 0.5) is 0 Å². The van der Waals surface area contributed by atoms with Crippen LogP contribution in [0, 0.1) is 0 Å². The summed E-state index contributed by atoms with van der Waals surface area (Å²) >= 11 is 9.09. The smallest absolute Gasteiger partial charge is 0.252 e. The number of benzene rings is 1. The second-order valence-corrected chi connectivity index (χ2v) is 5.69. The Balaban J connectivity index is 1.92. The van der Waals surface area contributed by atoms with Crippen molar-refractivity contribution in [3.05, 3.63) is 33.3 Å². The van der Waals surface area contributed by atoms with E-state index in [0.717, 1.165) is 25.9 Å². The number of hydrogen-bond donors (Lipinski definition) is 1. The minimum absolute atomic E-state index is 0.0315. The Morgan fingerprint density at radius 2 is 2.00 bits per heavy atom. The van der Waals surface area contributed by atoms with E-state index in [-0.39, 0.29) is 18.4 Å². The van der Waals surface area contributed by atoms with Gasteiger partial charge in [0.15, 0.2) is 0 Å². The van der Waals surface area contributed by atoms with Crippen LogP contribution in [-0.4, -0.2) is 36.3 Å². The van der Waals surface area contributed by atoms with Gasteiger partial charge in [-0.05, 0) is 47.0 Å². The zero-order valence-electron chi connectivity index (χ0n) is 10.3. The van der Waals surface area contributed by atoms with E-state index in [4.69, 9.17) is 11.6 Å². The molecule has 0 saturated carbocycles. The molecule has 2 rings (SSSR count). The van der Waals surface area contributed by atoms with Gasteiger partial charge in [-0.25, -0.2) is 0 Å². The summed E-state index contributed by atoms with van der Waals surface area (Å²) in [5.41, 5.74) is 0.471. The van der Waals surface area contributed by atoms with Crippen LogP contribution in [0.2, 0.25) is 5.02 Å². The van der Waals surface area contributed by atoms with Crippen LogP contribution in [0.1, 0.15) is 23.2 Å². The molecule has 4 nitrogen and oxygen atoms in total. The average molecular weight is 346 g/mol. The molecule has 0 aliphatic carbocycles. The number of likely N-dealkylation sites (tertiary alicyclic amines) is 1. The molecule has 1 fully saturated rings. The zero-order valence-corrected chi connectivity index (χ0v) is 12.6. The second-order valence-electron chi connectivity index (χ2n) is 4.39. The molecule has 1 aliphatic rings. The summed E-state index contributed by atoms with van der Waals surface area (Å²) in [6, 6.07) is 4.92. The highest BCUT2D eigenvalue weighted by Crippen LogP contribution is 2.21. The third-order valence-electron chi connectivity index (χ3n) is 3.03. The quantitative estimate of drug-likeness (QED) is 0.915. The lowest BCUT2D eigenvalue weighted by atomic mass is 10.2. The van der Waals surface area contributed by atoms with Crippen LogP contribution in [-0.2, 0) is 4.79 Å².